The lowest BCUT2D eigenvalue weighted by molar-refractivity contribution is 0.0569. The van der Waals surface area contributed by atoms with Gasteiger partial charge in [0.25, 0.3) is 5.91 Å². The average molecular weight is 374 g/mol. The van der Waals surface area contributed by atoms with Gasteiger partial charge in [-0.2, -0.15) is 10.2 Å². The van der Waals surface area contributed by atoms with E-state index in [-0.39, 0.29) is 11.8 Å². The molecule has 0 N–H and O–H groups in total. The number of methoxy groups -OCH3 is 1. The van der Waals surface area contributed by atoms with Crippen LogP contribution in [0.4, 0.5) is 0 Å². The van der Waals surface area contributed by atoms with Crippen LogP contribution < -0.4 is 4.74 Å². The fraction of sp³-hybridized carbons (Fsp3) is 0.238. The molecule has 2 heterocycles. The van der Waals surface area contributed by atoms with Crippen molar-refractivity contribution in [3.8, 4) is 11.8 Å². The molecular weight excluding hydrogens is 356 g/mol. The molecule has 140 valence electrons. The Bertz CT molecular complexity index is 1030. The van der Waals surface area contributed by atoms with Crippen LogP contribution in [0.1, 0.15) is 39.1 Å². The van der Waals surface area contributed by atoms with Crippen LogP contribution in [0.15, 0.2) is 53.1 Å². The third kappa shape index (κ3) is 3.45. The molecule has 0 radical (unpaired) electrons. The van der Waals surface area contributed by atoms with E-state index < -0.39 is 0 Å². The van der Waals surface area contributed by atoms with E-state index in [1.165, 1.54) is 0 Å². The maximum Gasteiger partial charge on any atom is 0.253 e. The van der Waals surface area contributed by atoms with Crippen molar-refractivity contribution >= 4 is 5.91 Å². The van der Waals surface area contributed by atoms with E-state index in [0.29, 0.717) is 42.4 Å². The molecule has 1 fully saturated rings. The molecule has 2 aromatic carbocycles. The van der Waals surface area contributed by atoms with Crippen molar-refractivity contribution in [3.05, 3.63) is 76.9 Å². The van der Waals surface area contributed by atoms with E-state index in [0.717, 1.165) is 11.3 Å². The second-order valence-corrected chi connectivity index (χ2v) is 6.63. The van der Waals surface area contributed by atoms with E-state index in [1.807, 2.05) is 30.3 Å². The van der Waals surface area contributed by atoms with Gasteiger partial charge in [0.05, 0.1) is 24.7 Å². The molecule has 1 aliphatic rings. The van der Waals surface area contributed by atoms with Crippen molar-refractivity contribution in [2.24, 2.45) is 0 Å². The highest BCUT2D eigenvalue weighted by molar-refractivity contribution is 5.95. The van der Waals surface area contributed by atoms with Gasteiger partial charge in [-0.05, 0) is 30.3 Å². The molecule has 7 heteroatoms. The molecule has 0 atom stereocenters. The van der Waals surface area contributed by atoms with Crippen molar-refractivity contribution in [1.82, 2.24) is 15.0 Å². The topological polar surface area (TPSA) is 92.3 Å². The van der Waals surface area contributed by atoms with Gasteiger partial charge in [-0.25, -0.2) is 0 Å². The monoisotopic (exact) mass is 374 g/mol. The number of nitriles is 1. The number of amides is 1. The molecule has 7 nitrogen and oxygen atoms in total. The van der Waals surface area contributed by atoms with Crippen LogP contribution in [0.25, 0.3) is 0 Å². The lowest BCUT2D eigenvalue weighted by Crippen LogP contribution is -2.48. The molecule has 4 rings (SSSR count). The Morgan fingerprint density at radius 3 is 2.71 bits per heavy atom. The highest BCUT2D eigenvalue weighted by atomic mass is 16.5. The van der Waals surface area contributed by atoms with Crippen molar-refractivity contribution in [2.75, 3.05) is 20.2 Å². The first-order valence-corrected chi connectivity index (χ1v) is 8.91. The van der Waals surface area contributed by atoms with Crippen molar-refractivity contribution in [3.63, 3.8) is 0 Å². The molecule has 3 aromatic rings. The number of carbonyl (C=O) groups is 1. The first kappa shape index (κ1) is 17.7. The van der Waals surface area contributed by atoms with Gasteiger partial charge in [0.1, 0.15) is 5.75 Å². The summed E-state index contributed by atoms with van der Waals surface area (Å²) in [6, 6.07) is 16.4. The van der Waals surface area contributed by atoms with Gasteiger partial charge in [-0.15, -0.1) is 0 Å². The summed E-state index contributed by atoms with van der Waals surface area (Å²) < 4.78 is 10.8. The molecule has 0 saturated carbocycles. The third-order valence-corrected chi connectivity index (χ3v) is 4.80. The van der Waals surface area contributed by atoms with Crippen LogP contribution in [0.3, 0.4) is 0 Å². The Morgan fingerprint density at radius 1 is 1.25 bits per heavy atom. The quantitative estimate of drug-likeness (QED) is 0.682. The minimum atomic E-state index is -0.0606. The molecule has 1 aliphatic heterocycles. The fourth-order valence-electron chi connectivity index (χ4n) is 3.19. The van der Waals surface area contributed by atoms with Crippen molar-refractivity contribution in [2.45, 2.75) is 12.3 Å². The Balaban J connectivity index is 1.37. The highest BCUT2D eigenvalue weighted by Gasteiger charge is 2.36. The Hall–Kier alpha value is -3.66. The van der Waals surface area contributed by atoms with Crippen LogP contribution in [-0.2, 0) is 6.42 Å². The number of para-hydroxylation sites is 1. The largest absolute Gasteiger partial charge is 0.496 e. The zero-order valence-electron chi connectivity index (χ0n) is 15.3. The first-order valence-electron chi connectivity index (χ1n) is 8.91. The number of hydrogen-bond donors (Lipinski definition) is 0. The van der Waals surface area contributed by atoms with E-state index in [9.17, 15) is 4.79 Å². The normalized spacial score (nSPS) is 13.6. The number of benzene rings is 2. The zero-order chi connectivity index (χ0) is 19.5. The summed E-state index contributed by atoms with van der Waals surface area (Å²) in [6.07, 6.45) is 0.522. The van der Waals surface area contributed by atoms with Gasteiger partial charge in [0.15, 0.2) is 5.82 Å². The molecule has 0 bridgehead atoms. The lowest BCUT2D eigenvalue weighted by Gasteiger charge is -2.37. The number of carbonyl (C=O) groups excluding carboxylic acids is 1. The Morgan fingerprint density at radius 2 is 2.00 bits per heavy atom. The number of ether oxygens (including phenoxy) is 1. The maximum atomic E-state index is 12.5. The first-order chi connectivity index (χ1) is 13.7. The van der Waals surface area contributed by atoms with Gasteiger partial charge in [-0.3, -0.25) is 4.79 Å². The molecule has 1 saturated heterocycles. The predicted molar refractivity (Wildman–Crippen MR) is 99.9 cm³/mol. The molecule has 28 heavy (non-hydrogen) atoms. The number of likely N-dealkylation sites (tertiary alicyclic amines) is 1. The lowest BCUT2D eigenvalue weighted by atomic mass is 9.98. The Labute approximate surface area is 162 Å². The second-order valence-electron chi connectivity index (χ2n) is 6.63. The maximum absolute atomic E-state index is 12.5. The molecular formula is C21H18N4O3. The summed E-state index contributed by atoms with van der Waals surface area (Å²) in [5.41, 5.74) is 2.09. The van der Waals surface area contributed by atoms with Gasteiger partial charge >= 0.3 is 0 Å². The van der Waals surface area contributed by atoms with Crippen LogP contribution in [0.2, 0.25) is 0 Å². The number of nitrogens with zero attached hydrogens (tertiary/aromatic N) is 4. The van der Waals surface area contributed by atoms with Crippen LogP contribution in [0, 0.1) is 11.3 Å². The standard InChI is InChI=1S/C21H18N4O3/c1-27-18-5-3-2-4-16(18)10-19-23-20(28-24-19)17-12-25(13-17)21(26)15-8-6-14(11-22)7-9-15/h2-9,17H,10,12-13H2,1H3. The van der Waals surface area contributed by atoms with E-state index in [2.05, 4.69) is 10.1 Å². The molecule has 0 unspecified atom stereocenters. The van der Waals surface area contributed by atoms with Crippen molar-refractivity contribution in [1.29, 1.82) is 5.26 Å². The van der Waals surface area contributed by atoms with Gasteiger partial charge in [-0.1, -0.05) is 23.4 Å². The number of rotatable bonds is 5. The summed E-state index contributed by atoms with van der Waals surface area (Å²) in [6.45, 7) is 1.07. The van der Waals surface area contributed by atoms with Crippen LogP contribution >= 0.6 is 0 Å². The second kappa shape index (κ2) is 7.53. The van der Waals surface area contributed by atoms with Gasteiger partial charge in [0, 0.05) is 30.6 Å². The summed E-state index contributed by atoms with van der Waals surface area (Å²) in [5, 5.41) is 12.9. The molecule has 1 amide bonds. The van der Waals surface area contributed by atoms with Gasteiger partial charge < -0.3 is 14.2 Å². The number of aromatic nitrogens is 2. The van der Waals surface area contributed by atoms with E-state index in [1.54, 1.807) is 36.3 Å². The zero-order valence-corrected chi connectivity index (χ0v) is 15.3. The fourth-order valence-corrected chi connectivity index (χ4v) is 3.19. The summed E-state index contributed by atoms with van der Waals surface area (Å²) >= 11 is 0. The van der Waals surface area contributed by atoms with Crippen molar-refractivity contribution < 1.29 is 14.1 Å². The predicted octanol–water partition coefficient (Wildman–Crippen LogP) is 2.78. The molecule has 0 aliphatic carbocycles. The van der Waals surface area contributed by atoms with Crippen LogP contribution in [0.5, 0.6) is 5.75 Å². The summed E-state index contributed by atoms with van der Waals surface area (Å²) in [4.78, 5) is 18.7. The van der Waals surface area contributed by atoms with Crippen LogP contribution in [-0.4, -0.2) is 41.1 Å². The average Bonchev–Trinajstić information content (AvgIpc) is 3.15. The van der Waals surface area contributed by atoms with E-state index >= 15 is 0 Å². The molecule has 1 aromatic heterocycles. The SMILES string of the molecule is COc1ccccc1Cc1noc(C2CN(C(=O)c3ccc(C#N)cc3)C2)n1. The third-order valence-electron chi connectivity index (χ3n) is 4.80. The number of hydrogen-bond acceptors (Lipinski definition) is 6. The van der Waals surface area contributed by atoms with Gasteiger partial charge in [0.2, 0.25) is 5.89 Å². The Kier molecular flexibility index (Phi) is 4.77. The smallest absolute Gasteiger partial charge is 0.253 e. The minimum absolute atomic E-state index is 0.0428. The summed E-state index contributed by atoms with van der Waals surface area (Å²) in [5.74, 6) is 1.91. The van der Waals surface area contributed by atoms with E-state index in [4.69, 9.17) is 14.5 Å². The summed E-state index contributed by atoms with van der Waals surface area (Å²) in [7, 11) is 1.63. The minimum Gasteiger partial charge on any atom is -0.496 e. The highest BCUT2D eigenvalue weighted by Crippen LogP contribution is 2.28. The molecule has 0 spiro atoms.